The largest absolute Gasteiger partial charge is 0.507 e. The van der Waals surface area contributed by atoms with Gasteiger partial charge in [0.2, 0.25) is 0 Å². The van der Waals surface area contributed by atoms with Gasteiger partial charge in [0.1, 0.15) is 5.75 Å². The highest BCUT2D eigenvalue weighted by atomic mass is 16.3. The molecular weight excluding hydrogens is 220 g/mol. The van der Waals surface area contributed by atoms with Crippen LogP contribution in [0.3, 0.4) is 0 Å². The maximum atomic E-state index is 10.6. The summed E-state index contributed by atoms with van der Waals surface area (Å²) in [6.07, 6.45) is 2.04. The topological polar surface area (TPSA) is 20.2 Å². The first-order valence-electron chi connectivity index (χ1n) is 7.00. The van der Waals surface area contributed by atoms with Crippen LogP contribution in [0.1, 0.15) is 71.6 Å². The van der Waals surface area contributed by atoms with E-state index in [4.69, 9.17) is 0 Å². The molecule has 0 fully saturated rings. The maximum absolute atomic E-state index is 10.6. The summed E-state index contributed by atoms with van der Waals surface area (Å²) < 4.78 is 0. The Morgan fingerprint density at radius 1 is 0.944 bits per heavy atom. The van der Waals surface area contributed by atoms with Crippen molar-refractivity contribution in [3.05, 3.63) is 28.8 Å². The Balaban J connectivity index is 3.54. The van der Waals surface area contributed by atoms with Crippen molar-refractivity contribution in [2.45, 2.75) is 72.1 Å². The van der Waals surface area contributed by atoms with Crippen LogP contribution in [0.4, 0.5) is 0 Å². The number of hydrogen-bond donors (Lipinski definition) is 1. The van der Waals surface area contributed by atoms with Gasteiger partial charge in [0.15, 0.2) is 0 Å². The van der Waals surface area contributed by atoms with Crippen molar-refractivity contribution in [1.82, 2.24) is 0 Å². The number of hydrogen-bond acceptors (Lipinski definition) is 1. The lowest BCUT2D eigenvalue weighted by atomic mass is 9.76. The fraction of sp³-hybridized carbons (Fsp3) is 0.647. The van der Waals surface area contributed by atoms with Gasteiger partial charge < -0.3 is 5.11 Å². The minimum Gasteiger partial charge on any atom is -0.507 e. The fourth-order valence-electron chi connectivity index (χ4n) is 2.18. The van der Waals surface area contributed by atoms with Crippen LogP contribution in [0.25, 0.3) is 0 Å². The molecule has 0 atom stereocenters. The molecular formula is C17H28O. The van der Waals surface area contributed by atoms with Crippen LogP contribution < -0.4 is 0 Å². The third-order valence-corrected chi connectivity index (χ3v) is 4.00. The van der Waals surface area contributed by atoms with Crippen molar-refractivity contribution in [2.75, 3.05) is 0 Å². The van der Waals surface area contributed by atoms with Crippen molar-refractivity contribution >= 4 is 0 Å². The molecule has 18 heavy (non-hydrogen) atoms. The number of benzene rings is 1. The normalized spacial score (nSPS) is 12.8. The molecule has 0 amide bonds. The summed E-state index contributed by atoms with van der Waals surface area (Å²) in [6, 6.07) is 4.33. The van der Waals surface area contributed by atoms with Gasteiger partial charge in [0.05, 0.1) is 0 Å². The van der Waals surface area contributed by atoms with Crippen molar-refractivity contribution < 1.29 is 5.11 Å². The van der Waals surface area contributed by atoms with Crippen molar-refractivity contribution in [3.63, 3.8) is 0 Å². The average molecular weight is 248 g/mol. The van der Waals surface area contributed by atoms with Gasteiger partial charge in [-0.2, -0.15) is 0 Å². The lowest BCUT2D eigenvalue weighted by Crippen LogP contribution is -2.19. The van der Waals surface area contributed by atoms with E-state index < -0.39 is 0 Å². The van der Waals surface area contributed by atoms with Crippen LogP contribution in [0.2, 0.25) is 0 Å². The molecule has 102 valence electrons. The van der Waals surface area contributed by atoms with Gasteiger partial charge in [-0.3, -0.25) is 0 Å². The van der Waals surface area contributed by atoms with Crippen LogP contribution >= 0.6 is 0 Å². The molecule has 0 saturated heterocycles. The standard InChI is InChI=1S/C17H28O/c1-8-12-10-13(16(3,4)5)15(18)14(11-12)17(6,7)9-2/h10-11,18H,8-9H2,1-7H3. The second-order valence-electron chi connectivity index (χ2n) is 6.88. The molecule has 1 N–H and O–H groups in total. The quantitative estimate of drug-likeness (QED) is 0.803. The van der Waals surface area contributed by atoms with Gasteiger partial charge in [0.25, 0.3) is 0 Å². The molecule has 1 aromatic rings. The number of phenols is 1. The summed E-state index contributed by atoms with van der Waals surface area (Å²) in [5.74, 6) is 0.492. The summed E-state index contributed by atoms with van der Waals surface area (Å²) >= 11 is 0. The van der Waals surface area contributed by atoms with Crippen LogP contribution in [0, 0.1) is 0 Å². The number of phenolic OH excluding ortho intramolecular Hbond substituents is 1. The van der Waals surface area contributed by atoms with E-state index in [0.717, 1.165) is 24.0 Å². The minimum atomic E-state index is -0.0200. The minimum absolute atomic E-state index is 0.0200. The second-order valence-corrected chi connectivity index (χ2v) is 6.88. The summed E-state index contributed by atoms with van der Waals surface area (Å²) in [7, 11) is 0. The highest BCUT2D eigenvalue weighted by molar-refractivity contribution is 5.50. The van der Waals surface area contributed by atoms with E-state index in [1.54, 1.807) is 0 Å². The highest BCUT2D eigenvalue weighted by Crippen LogP contribution is 2.41. The summed E-state index contributed by atoms with van der Waals surface area (Å²) in [4.78, 5) is 0. The van der Waals surface area contributed by atoms with E-state index in [1.807, 2.05) is 0 Å². The highest BCUT2D eigenvalue weighted by Gasteiger charge is 2.27. The number of aryl methyl sites for hydroxylation is 1. The Labute approximate surface area is 112 Å². The molecule has 1 aromatic carbocycles. The molecule has 0 aliphatic carbocycles. The SMILES string of the molecule is CCc1cc(C(C)(C)C)c(O)c(C(C)(C)CC)c1. The average Bonchev–Trinajstić information content (AvgIpc) is 2.27. The molecule has 0 aliphatic heterocycles. The molecule has 0 aliphatic rings. The van der Waals surface area contributed by atoms with Gasteiger partial charge in [-0.1, -0.05) is 60.6 Å². The molecule has 0 saturated carbocycles. The Bertz CT molecular complexity index is 422. The first-order chi connectivity index (χ1) is 8.13. The number of rotatable bonds is 3. The van der Waals surface area contributed by atoms with Crippen LogP contribution in [-0.2, 0) is 17.3 Å². The zero-order valence-corrected chi connectivity index (χ0v) is 13.0. The zero-order chi connectivity index (χ0) is 14.1. The summed E-state index contributed by atoms with van der Waals surface area (Å²) in [5.41, 5.74) is 3.48. The summed E-state index contributed by atoms with van der Waals surface area (Å²) in [5, 5.41) is 10.6. The Morgan fingerprint density at radius 3 is 1.83 bits per heavy atom. The number of aromatic hydroxyl groups is 1. The second kappa shape index (κ2) is 4.95. The van der Waals surface area contributed by atoms with Crippen LogP contribution in [-0.4, -0.2) is 5.11 Å². The Kier molecular flexibility index (Phi) is 4.15. The molecule has 1 nitrogen and oxygen atoms in total. The lowest BCUT2D eigenvalue weighted by molar-refractivity contribution is 0.410. The van der Waals surface area contributed by atoms with E-state index in [9.17, 15) is 5.11 Å². The van der Waals surface area contributed by atoms with Crippen molar-refractivity contribution in [3.8, 4) is 5.75 Å². The van der Waals surface area contributed by atoms with E-state index in [2.05, 4.69) is 60.6 Å². The third-order valence-electron chi connectivity index (χ3n) is 4.00. The van der Waals surface area contributed by atoms with Gasteiger partial charge >= 0.3 is 0 Å². The van der Waals surface area contributed by atoms with Gasteiger partial charge in [0, 0.05) is 5.56 Å². The molecule has 1 heteroatoms. The van der Waals surface area contributed by atoms with Crippen LogP contribution in [0.15, 0.2) is 12.1 Å². The maximum Gasteiger partial charge on any atom is 0.123 e. The van der Waals surface area contributed by atoms with E-state index in [1.165, 1.54) is 5.56 Å². The lowest BCUT2D eigenvalue weighted by Gasteiger charge is -2.30. The molecule has 0 heterocycles. The first kappa shape index (κ1) is 15.1. The Hall–Kier alpha value is -0.980. The predicted molar refractivity (Wildman–Crippen MR) is 79.5 cm³/mol. The van der Waals surface area contributed by atoms with Gasteiger partial charge in [-0.15, -0.1) is 0 Å². The monoisotopic (exact) mass is 248 g/mol. The molecule has 0 unspecified atom stereocenters. The molecule has 0 aromatic heterocycles. The van der Waals surface area contributed by atoms with Gasteiger partial charge in [-0.05, 0) is 34.8 Å². The summed E-state index contributed by atoms with van der Waals surface area (Å²) in [6.45, 7) is 15.2. The molecule has 1 rings (SSSR count). The van der Waals surface area contributed by atoms with E-state index in [-0.39, 0.29) is 10.8 Å². The fourth-order valence-corrected chi connectivity index (χ4v) is 2.18. The van der Waals surface area contributed by atoms with Crippen molar-refractivity contribution in [2.24, 2.45) is 0 Å². The first-order valence-corrected chi connectivity index (χ1v) is 7.00. The Morgan fingerprint density at radius 2 is 1.44 bits per heavy atom. The zero-order valence-electron chi connectivity index (χ0n) is 13.0. The smallest absolute Gasteiger partial charge is 0.123 e. The van der Waals surface area contributed by atoms with E-state index in [0.29, 0.717) is 5.75 Å². The van der Waals surface area contributed by atoms with E-state index >= 15 is 0 Å². The third kappa shape index (κ3) is 2.88. The molecule has 0 spiro atoms. The van der Waals surface area contributed by atoms with Gasteiger partial charge in [-0.25, -0.2) is 0 Å². The molecule has 0 bridgehead atoms. The molecule has 0 radical (unpaired) electrons. The van der Waals surface area contributed by atoms with Crippen LogP contribution in [0.5, 0.6) is 5.75 Å². The predicted octanol–water partition coefficient (Wildman–Crippen LogP) is 4.94. The van der Waals surface area contributed by atoms with Crippen molar-refractivity contribution in [1.29, 1.82) is 0 Å².